The molecule has 0 unspecified atom stereocenters. The number of hydrogen-bond acceptors (Lipinski definition) is 3. The van der Waals surface area contributed by atoms with Gasteiger partial charge >= 0.3 is 0 Å². The summed E-state index contributed by atoms with van der Waals surface area (Å²) in [6.45, 7) is 2.19. The lowest BCUT2D eigenvalue weighted by molar-refractivity contribution is 0.101. The molecule has 0 bridgehead atoms. The van der Waals surface area contributed by atoms with Crippen molar-refractivity contribution in [3.05, 3.63) is 29.6 Å². The van der Waals surface area contributed by atoms with Gasteiger partial charge in [0.1, 0.15) is 5.82 Å². The molecule has 0 amide bonds. The van der Waals surface area contributed by atoms with Crippen LogP contribution in [0.2, 0.25) is 0 Å². The summed E-state index contributed by atoms with van der Waals surface area (Å²) in [4.78, 5) is 13.3. The van der Waals surface area contributed by atoms with Gasteiger partial charge in [0.2, 0.25) is 0 Å². The van der Waals surface area contributed by atoms with Crippen molar-refractivity contribution in [2.24, 2.45) is 0 Å². The highest BCUT2D eigenvalue weighted by molar-refractivity contribution is 7.98. The number of rotatable bonds is 5. The van der Waals surface area contributed by atoms with Crippen LogP contribution in [0.25, 0.3) is 0 Å². The van der Waals surface area contributed by atoms with E-state index in [-0.39, 0.29) is 11.3 Å². The Balaban J connectivity index is 3.02. The predicted molar refractivity (Wildman–Crippen MR) is 68.1 cm³/mol. The van der Waals surface area contributed by atoms with Crippen molar-refractivity contribution in [1.82, 2.24) is 0 Å². The van der Waals surface area contributed by atoms with E-state index in [4.69, 9.17) is 0 Å². The Bertz CT molecular complexity index is 381. The summed E-state index contributed by atoms with van der Waals surface area (Å²) >= 11 is 1.72. The van der Waals surface area contributed by atoms with E-state index < -0.39 is 5.82 Å². The number of nitrogens with zero attached hydrogens (tertiary/aromatic N) is 1. The van der Waals surface area contributed by atoms with Crippen LogP contribution in [-0.2, 0) is 0 Å². The predicted octanol–water partition coefficient (Wildman–Crippen LogP) is 2.83. The minimum absolute atomic E-state index is 0.186. The summed E-state index contributed by atoms with van der Waals surface area (Å²) in [5.74, 6) is 0.273. The molecule has 0 saturated heterocycles. The van der Waals surface area contributed by atoms with Gasteiger partial charge in [-0.1, -0.05) is 6.07 Å². The molecule has 0 atom stereocenters. The van der Waals surface area contributed by atoms with E-state index in [1.54, 1.807) is 23.9 Å². The summed E-state index contributed by atoms with van der Waals surface area (Å²) in [6, 6.07) is 4.73. The number of ketones is 1. The average molecular weight is 241 g/mol. The Labute approximate surface area is 99.8 Å². The lowest BCUT2D eigenvalue weighted by atomic mass is 10.1. The molecule has 1 aromatic rings. The van der Waals surface area contributed by atoms with Gasteiger partial charge in [-0.25, -0.2) is 4.39 Å². The maximum Gasteiger partial charge on any atom is 0.164 e. The number of thioether (sulfide) groups is 1. The lowest BCUT2D eigenvalue weighted by Crippen LogP contribution is -2.22. The second kappa shape index (κ2) is 5.89. The summed E-state index contributed by atoms with van der Waals surface area (Å²) < 4.78 is 13.5. The van der Waals surface area contributed by atoms with Gasteiger partial charge in [0, 0.05) is 19.3 Å². The first kappa shape index (κ1) is 13.0. The van der Waals surface area contributed by atoms with E-state index in [2.05, 4.69) is 0 Å². The molecule has 4 heteroatoms. The molecule has 0 aliphatic heterocycles. The van der Waals surface area contributed by atoms with Gasteiger partial charge in [0.15, 0.2) is 5.78 Å². The van der Waals surface area contributed by atoms with Gasteiger partial charge in [-0.15, -0.1) is 0 Å². The largest absolute Gasteiger partial charge is 0.373 e. The molecule has 0 fully saturated rings. The number of halogens is 1. The van der Waals surface area contributed by atoms with Crippen LogP contribution < -0.4 is 4.90 Å². The van der Waals surface area contributed by atoms with Crippen LogP contribution in [0, 0.1) is 5.82 Å². The van der Waals surface area contributed by atoms with Gasteiger partial charge in [-0.2, -0.15) is 11.8 Å². The van der Waals surface area contributed by atoms with E-state index in [0.29, 0.717) is 5.69 Å². The molecule has 1 rings (SSSR count). The van der Waals surface area contributed by atoms with Gasteiger partial charge in [0.25, 0.3) is 0 Å². The van der Waals surface area contributed by atoms with Crippen molar-refractivity contribution in [2.45, 2.75) is 6.92 Å². The third kappa shape index (κ3) is 2.98. The fourth-order valence-corrected chi connectivity index (χ4v) is 1.98. The number of anilines is 1. The van der Waals surface area contributed by atoms with Crippen molar-refractivity contribution < 1.29 is 9.18 Å². The van der Waals surface area contributed by atoms with Crippen LogP contribution in [0.5, 0.6) is 0 Å². The number of Topliss-reactive ketones (excluding diaryl/α,β-unsaturated/α-hetero) is 1. The molecule has 88 valence electrons. The molecule has 0 radical (unpaired) electrons. The number of hydrogen-bond donors (Lipinski definition) is 0. The highest BCUT2D eigenvalue weighted by Crippen LogP contribution is 2.22. The summed E-state index contributed by atoms with van der Waals surface area (Å²) in [7, 11) is 1.87. The van der Waals surface area contributed by atoms with Crippen molar-refractivity contribution in [1.29, 1.82) is 0 Å². The van der Waals surface area contributed by atoms with Crippen molar-refractivity contribution in [2.75, 3.05) is 30.5 Å². The highest BCUT2D eigenvalue weighted by Gasteiger charge is 2.15. The third-order valence-electron chi connectivity index (χ3n) is 2.39. The fraction of sp³-hybridized carbons (Fsp3) is 0.417. The first-order valence-corrected chi connectivity index (χ1v) is 6.46. The average Bonchev–Trinajstić information content (AvgIpc) is 2.24. The SMILES string of the molecule is CSCCN(C)c1cccc(F)c1C(C)=O. The third-order valence-corrected chi connectivity index (χ3v) is 2.98. The van der Waals surface area contributed by atoms with E-state index >= 15 is 0 Å². The first-order chi connectivity index (χ1) is 7.57. The molecular weight excluding hydrogens is 225 g/mol. The zero-order valence-corrected chi connectivity index (χ0v) is 10.6. The fourth-order valence-electron chi connectivity index (χ4n) is 1.53. The molecule has 2 nitrogen and oxygen atoms in total. The van der Waals surface area contributed by atoms with Crippen LogP contribution in [-0.4, -0.2) is 31.4 Å². The number of carbonyl (C=O) groups excluding carboxylic acids is 1. The minimum atomic E-state index is -0.444. The normalized spacial score (nSPS) is 10.2. The lowest BCUT2D eigenvalue weighted by Gasteiger charge is -2.21. The first-order valence-electron chi connectivity index (χ1n) is 5.07. The monoisotopic (exact) mass is 241 g/mol. The second-order valence-electron chi connectivity index (χ2n) is 3.60. The molecule has 0 aliphatic rings. The van der Waals surface area contributed by atoms with E-state index in [0.717, 1.165) is 12.3 Å². The molecular formula is C12H16FNOS. The number of carbonyl (C=O) groups is 1. The summed E-state index contributed by atoms with van der Waals surface area (Å²) in [6.07, 6.45) is 2.02. The molecule has 0 heterocycles. The maximum absolute atomic E-state index is 13.5. The number of benzene rings is 1. The topological polar surface area (TPSA) is 20.3 Å². The van der Waals surface area contributed by atoms with Gasteiger partial charge < -0.3 is 4.90 Å². The maximum atomic E-state index is 13.5. The molecule has 0 aromatic heterocycles. The molecule has 0 spiro atoms. The zero-order valence-electron chi connectivity index (χ0n) is 9.79. The van der Waals surface area contributed by atoms with Crippen molar-refractivity contribution in [3.63, 3.8) is 0 Å². The highest BCUT2D eigenvalue weighted by atomic mass is 32.2. The second-order valence-corrected chi connectivity index (χ2v) is 4.59. The van der Waals surface area contributed by atoms with Crippen LogP contribution in [0.1, 0.15) is 17.3 Å². The van der Waals surface area contributed by atoms with Gasteiger partial charge in [0.05, 0.1) is 11.3 Å². The Hall–Kier alpha value is -1.03. The van der Waals surface area contributed by atoms with Crippen LogP contribution >= 0.6 is 11.8 Å². The Morgan fingerprint density at radius 3 is 2.75 bits per heavy atom. The Morgan fingerprint density at radius 2 is 2.19 bits per heavy atom. The summed E-state index contributed by atoms with van der Waals surface area (Å²) in [5, 5.41) is 0. The molecule has 0 N–H and O–H groups in total. The van der Waals surface area contributed by atoms with Crippen LogP contribution in [0.15, 0.2) is 18.2 Å². The van der Waals surface area contributed by atoms with E-state index in [1.165, 1.54) is 13.0 Å². The van der Waals surface area contributed by atoms with Gasteiger partial charge in [-0.05, 0) is 25.3 Å². The van der Waals surface area contributed by atoms with E-state index in [9.17, 15) is 9.18 Å². The smallest absolute Gasteiger partial charge is 0.164 e. The summed E-state index contributed by atoms with van der Waals surface area (Å²) in [5.41, 5.74) is 0.854. The van der Waals surface area contributed by atoms with Gasteiger partial charge in [-0.3, -0.25) is 4.79 Å². The Kier molecular flexibility index (Phi) is 4.80. The Morgan fingerprint density at radius 1 is 1.50 bits per heavy atom. The quantitative estimate of drug-likeness (QED) is 0.739. The van der Waals surface area contributed by atoms with Crippen LogP contribution in [0.4, 0.5) is 10.1 Å². The molecule has 1 aromatic carbocycles. The van der Waals surface area contributed by atoms with Crippen molar-refractivity contribution >= 4 is 23.2 Å². The minimum Gasteiger partial charge on any atom is -0.373 e. The standard InChI is InChI=1S/C12H16FNOS/c1-9(15)12-10(13)5-4-6-11(12)14(2)7-8-16-3/h4-6H,7-8H2,1-3H3. The van der Waals surface area contributed by atoms with Crippen molar-refractivity contribution in [3.8, 4) is 0 Å². The molecule has 0 saturated carbocycles. The van der Waals surface area contributed by atoms with E-state index in [1.807, 2.05) is 18.2 Å². The molecule has 16 heavy (non-hydrogen) atoms. The zero-order chi connectivity index (χ0) is 12.1. The molecule has 0 aliphatic carbocycles. The van der Waals surface area contributed by atoms with Crippen LogP contribution in [0.3, 0.4) is 0 Å².